The number of carbonyl (C=O) groups is 2. The van der Waals surface area contributed by atoms with Gasteiger partial charge in [-0.2, -0.15) is 0 Å². The first-order valence-electron chi connectivity index (χ1n) is 5.85. The molecule has 0 radical (unpaired) electrons. The average Bonchev–Trinajstić information content (AvgIpc) is 2.76. The number of carboxylic acids is 1. The first kappa shape index (κ1) is 13.7. The summed E-state index contributed by atoms with van der Waals surface area (Å²) in [6.45, 7) is 4.89. The summed E-state index contributed by atoms with van der Waals surface area (Å²) < 4.78 is 5.04. The molecule has 7 heteroatoms. The Labute approximate surface area is 114 Å². The molecule has 0 aliphatic heterocycles. The van der Waals surface area contributed by atoms with Gasteiger partial charge in [-0.15, -0.1) is 5.10 Å². The molecule has 0 atom stereocenters. The van der Waals surface area contributed by atoms with E-state index in [4.69, 9.17) is 4.42 Å². The van der Waals surface area contributed by atoms with Gasteiger partial charge in [0.1, 0.15) is 0 Å². The Balaban J connectivity index is 2.43. The summed E-state index contributed by atoms with van der Waals surface area (Å²) in [4.78, 5) is 23.5. The fraction of sp³-hybridized carbons (Fsp3) is 0.231. The van der Waals surface area contributed by atoms with Crippen LogP contribution in [0.2, 0.25) is 0 Å². The highest BCUT2D eigenvalue weighted by atomic mass is 16.4. The van der Waals surface area contributed by atoms with Crippen molar-refractivity contribution in [3.8, 4) is 0 Å². The van der Waals surface area contributed by atoms with Crippen molar-refractivity contribution in [1.29, 1.82) is 0 Å². The predicted octanol–water partition coefficient (Wildman–Crippen LogP) is 1.95. The minimum Gasteiger partial charge on any atom is -0.478 e. The normalized spacial score (nSPS) is 10.3. The molecule has 1 amide bonds. The van der Waals surface area contributed by atoms with Crippen LogP contribution in [0.3, 0.4) is 0 Å². The fourth-order valence-corrected chi connectivity index (χ4v) is 1.89. The van der Waals surface area contributed by atoms with E-state index in [1.807, 2.05) is 0 Å². The lowest BCUT2D eigenvalue weighted by molar-refractivity contribution is 0.0691. The molecule has 0 aliphatic rings. The monoisotopic (exact) mass is 275 g/mol. The zero-order valence-electron chi connectivity index (χ0n) is 11.2. The Bertz CT molecular complexity index is 691. The lowest BCUT2D eigenvalue weighted by atomic mass is 9.96. The Morgan fingerprint density at radius 3 is 2.20 bits per heavy atom. The van der Waals surface area contributed by atoms with Crippen molar-refractivity contribution in [1.82, 2.24) is 10.2 Å². The van der Waals surface area contributed by atoms with E-state index < -0.39 is 11.9 Å². The number of aromatic nitrogens is 2. The van der Waals surface area contributed by atoms with Crippen molar-refractivity contribution >= 4 is 17.9 Å². The second-order valence-electron chi connectivity index (χ2n) is 4.33. The van der Waals surface area contributed by atoms with Crippen LogP contribution in [0.1, 0.15) is 37.7 Å². The van der Waals surface area contributed by atoms with E-state index in [9.17, 15) is 14.7 Å². The smallest absolute Gasteiger partial charge is 0.336 e. The Kier molecular flexibility index (Phi) is 3.51. The summed E-state index contributed by atoms with van der Waals surface area (Å²) in [7, 11) is 0. The number of benzene rings is 1. The highest BCUT2D eigenvalue weighted by Crippen LogP contribution is 2.20. The molecule has 104 valence electrons. The number of rotatable bonds is 3. The number of amides is 1. The molecule has 0 spiro atoms. The van der Waals surface area contributed by atoms with Gasteiger partial charge in [0.05, 0.1) is 11.1 Å². The topological polar surface area (TPSA) is 105 Å². The second kappa shape index (κ2) is 5.12. The molecule has 2 rings (SSSR count). The molecule has 20 heavy (non-hydrogen) atoms. The third-order valence-electron chi connectivity index (χ3n) is 2.81. The number of aromatic carboxylic acids is 1. The molecular weight excluding hydrogens is 262 g/mol. The SMILES string of the molecule is Cc1nnc(NC(=O)c2c(C)ccc(C)c2C(=O)O)o1. The Morgan fingerprint density at radius 2 is 1.70 bits per heavy atom. The standard InChI is InChI=1S/C13H13N3O4/c1-6-4-5-7(2)10(12(18)19)9(6)11(17)14-13-16-15-8(3)20-13/h4-5H,1-3H3,(H,18,19)(H,14,16,17). The van der Waals surface area contributed by atoms with Crippen LogP contribution in [0.5, 0.6) is 0 Å². The van der Waals surface area contributed by atoms with Gasteiger partial charge in [-0.1, -0.05) is 17.2 Å². The molecule has 0 bridgehead atoms. The van der Waals surface area contributed by atoms with Crippen LogP contribution >= 0.6 is 0 Å². The van der Waals surface area contributed by atoms with Crippen LogP contribution in [0, 0.1) is 20.8 Å². The summed E-state index contributed by atoms with van der Waals surface area (Å²) in [6, 6.07) is 3.28. The van der Waals surface area contributed by atoms with Crippen molar-refractivity contribution in [2.24, 2.45) is 0 Å². The van der Waals surface area contributed by atoms with E-state index in [0.717, 1.165) is 0 Å². The molecule has 1 aromatic carbocycles. The fourth-order valence-electron chi connectivity index (χ4n) is 1.89. The maximum absolute atomic E-state index is 12.2. The van der Waals surface area contributed by atoms with Gasteiger partial charge in [0, 0.05) is 6.92 Å². The van der Waals surface area contributed by atoms with E-state index in [-0.39, 0.29) is 17.1 Å². The van der Waals surface area contributed by atoms with Gasteiger partial charge in [-0.3, -0.25) is 10.1 Å². The number of carbonyl (C=O) groups excluding carboxylic acids is 1. The van der Waals surface area contributed by atoms with Gasteiger partial charge < -0.3 is 9.52 Å². The third kappa shape index (κ3) is 2.51. The number of nitrogens with zero attached hydrogens (tertiary/aromatic N) is 2. The average molecular weight is 275 g/mol. The lowest BCUT2D eigenvalue weighted by Gasteiger charge is -2.11. The van der Waals surface area contributed by atoms with Crippen LogP contribution in [-0.4, -0.2) is 27.2 Å². The number of nitrogens with one attached hydrogen (secondary N) is 1. The molecule has 0 saturated heterocycles. The van der Waals surface area contributed by atoms with Gasteiger partial charge in [-0.25, -0.2) is 4.79 Å². The van der Waals surface area contributed by atoms with Gasteiger partial charge in [0.2, 0.25) is 5.89 Å². The largest absolute Gasteiger partial charge is 0.478 e. The summed E-state index contributed by atoms with van der Waals surface area (Å²) in [6.07, 6.45) is 0. The zero-order chi connectivity index (χ0) is 14.9. The van der Waals surface area contributed by atoms with Crippen molar-refractivity contribution < 1.29 is 19.1 Å². The van der Waals surface area contributed by atoms with E-state index in [1.165, 1.54) is 0 Å². The number of anilines is 1. The molecule has 0 aliphatic carbocycles. The zero-order valence-corrected chi connectivity index (χ0v) is 11.2. The van der Waals surface area contributed by atoms with Crippen LogP contribution in [0.25, 0.3) is 0 Å². The Hall–Kier alpha value is -2.70. The minimum atomic E-state index is -1.15. The van der Waals surface area contributed by atoms with Crippen molar-refractivity contribution in [3.05, 3.63) is 40.3 Å². The first-order valence-corrected chi connectivity index (χ1v) is 5.85. The highest BCUT2D eigenvalue weighted by molar-refractivity contribution is 6.11. The maximum Gasteiger partial charge on any atom is 0.336 e. The maximum atomic E-state index is 12.2. The first-order chi connectivity index (χ1) is 9.40. The number of carboxylic acid groups (broad SMARTS) is 1. The summed E-state index contributed by atoms with van der Waals surface area (Å²) >= 11 is 0. The summed E-state index contributed by atoms with van der Waals surface area (Å²) in [5.74, 6) is -1.44. The highest BCUT2D eigenvalue weighted by Gasteiger charge is 2.22. The third-order valence-corrected chi connectivity index (χ3v) is 2.81. The van der Waals surface area contributed by atoms with E-state index in [2.05, 4.69) is 15.5 Å². The molecule has 0 saturated carbocycles. The molecular formula is C13H13N3O4. The van der Waals surface area contributed by atoms with Crippen LogP contribution in [-0.2, 0) is 0 Å². The lowest BCUT2D eigenvalue weighted by Crippen LogP contribution is -2.19. The molecule has 0 unspecified atom stereocenters. The predicted molar refractivity (Wildman–Crippen MR) is 69.9 cm³/mol. The summed E-state index contributed by atoms with van der Waals surface area (Å²) in [5, 5.41) is 18.9. The number of hydrogen-bond donors (Lipinski definition) is 2. The second-order valence-corrected chi connectivity index (χ2v) is 4.33. The molecule has 1 heterocycles. The quantitative estimate of drug-likeness (QED) is 0.886. The molecule has 2 N–H and O–H groups in total. The van der Waals surface area contributed by atoms with E-state index in [1.54, 1.807) is 32.9 Å². The van der Waals surface area contributed by atoms with Crippen LogP contribution in [0.4, 0.5) is 6.01 Å². The van der Waals surface area contributed by atoms with Crippen molar-refractivity contribution in [3.63, 3.8) is 0 Å². The molecule has 1 aromatic heterocycles. The number of hydrogen-bond acceptors (Lipinski definition) is 5. The van der Waals surface area contributed by atoms with Crippen LogP contribution in [0.15, 0.2) is 16.5 Å². The molecule has 7 nitrogen and oxygen atoms in total. The minimum absolute atomic E-state index is 0.0289. The van der Waals surface area contributed by atoms with Gasteiger partial charge in [0.15, 0.2) is 0 Å². The van der Waals surface area contributed by atoms with Gasteiger partial charge in [0.25, 0.3) is 5.91 Å². The van der Waals surface area contributed by atoms with E-state index in [0.29, 0.717) is 17.0 Å². The Morgan fingerprint density at radius 1 is 1.10 bits per heavy atom. The number of aryl methyl sites for hydroxylation is 3. The van der Waals surface area contributed by atoms with E-state index >= 15 is 0 Å². The van der Waals surface area contributed by atoms with Crippen molar-refractivity contribution in [2.75, 3.05) is 5.32 Å². The van der Waals surface area contributed by atoms with Gasteiger partial charge >= 0.3 is 12.0 Å². The van der Waals surface area contributed by atoms with Crippen LogP contribution < -0.4 is 5.32 Å². The van der Waals surface area contributed by atoms with Gasteiger partial charge in [-0.05, 0) is 25.0 Å². The molecule has 2 aromatic rings. The van der Waals surface area contributed by atoms with Crippen molar-refractivity contribution in [2.45, 2.75) is 20.8 Å². The molecule has 0 fully saturated rings. The summed E-state index contributed by atoms with van der Waals surface area (Å²) in [5.41, 5.74) is 1.13.